The molecule has 1 spiro atoms. The molecule has 2 unspecified atom stereocenters. The lowest BCUT2D eigenvalue weighted by Crippen LogP contribution is -2.72. The van der Waals surface area contributed by atoms with Gasteiger partial charge in [-0.15, -0.1) is 0 Å². The second kappa shape index (κ2) is 6.34. The molecule has 1 aromatic heterocycles. The predicted octanol–water partition coefficient (Wildman–Crippen LogP) is 2.39. The van der Waals surface area contributed by atoms with Crippen molar-refractivity contribution in [3.05, 3.63) is 17.7 Å². The molecule has 26 heavy (non-hydrogen) atoms. The number of hydrogen-bond acceptors (Lipinski definition) is 4. The van der Waals surface area contributed by atoms with Gasteiger partial charge in [-0.3, -0.25) is 4.79 Å². The van der Waals surface area contributed by atoms with Gasteiger partial charge in [0.05, 0.1) is 18.3 Å². The molecular formula is C20H30N4O2. The molecule has 1 amide bonds. The monoisotopic (exact) mass is 358 g/mol. The summed E-state index contributed by atoms with van der Waals surface area (Å²) in [4.78, 5) is 25.5. The normalized spacial score (nSPS) is 31.8. The predicted molar refractivity (Wildman–Crippen MR) is 98.1 cm³/mol. The van der Waals surface area contributed by atoms with E-state index in [0.717, 1.165) is 57.7 Å². The Labute approximate surface area is 155 Å². The number of rotatable bonds is 3. The van der Waals surface area contributed by atoms with Gasteiger partial charge in [0.15, 0.2) is 0 Å². The zero-order chi connectivity index (χ0) is 17.7. The van der Waals surface area contributed by atoms with Crippen LogP contribution in [-0.2, 0) is 4.74 Å². The third-order valence-electron chi connectivity index (χ3n) is 7.31. The first-order valence-corrected chi connectivity index (χ1v) is 10.3. The highest BCUT2D eigenvalue weighted by Crippen LogP contribution is 2.55. The number of aromatic nitrogens is 2. The first-order chi connectivity index (χ1) is 12.7. The fourth-order valence-electron chi connectivity index (χ4n) is 5.57. The summed E-state index contributed by atoms with van der Waals surface area (Å²) >= 11 is 0. The van der Waals surface area contributed by atoms with Crippen molar-refractivity contribution in [1.29, 1.82) is 0 Å². The van der Waals surface area contributed by atoms with Gasteiger partial charge < -0.3 is 19.5 Å². The fourth-order valence-corrected chi connectivity index (χ4v) is 5.57. The van der Waals surface area contributed by atoms with E-state index in [2.05, 4.69) is 26.8 Å². The highest BCUT2D eigenvalue weighted by Gasteiger charge is 2.60. The average molecular weight is 358 g/mol. The van der Waals surface area contributed by atoms with Crippen molar-refractivity contribution in [3.63, 3.8) is 0 Å². The molecule has 0 bridgehead atoms. The Hall–Kier alpha value is -1.40. The molecule has 3 saturated heterocycles. The Morgan fingerprint density at radius 1 is 1.27 bits per heavy atom. The van der Waals surface area contributed by atoms with Crippen molar-refractivity contribution >= 4 is 5.91 Å². The van der Waals surface area contributed by atoms with E-state index >= 15 is 0 Å². The average Bonchev–Trinajstić information content (AvgIpc) is 3.25. The molecule has 4 aliphatic rings. The first kappa shape index (κ1) is 16.8. The molecule has 6 nitrogen and oxygen atoms in total. The lowest BCUT2D eigenvalue weighted by molar-refractivity contribution is -0.150. The number of aromatic amines is 1. The molecule has 5 rings (SSSR count). The van der Waals surface area contributed by atoms with Gasteiger partial charge in [-0.2, -0.15) is 0 Å². The lowest BCUT2D eigenvalue weighted by Gasteiger charge is -2.63. The van der Waals surface area contributed by atoms with Crippen molar-refractivity contribution in [2.75, 3.05) is 33.3 Å². The fraction of sp³-hybridized carbons (Fsp3) is 0.800. The molecule has 3 aliphatic heterocycles. The summed E-state index contributed by atoms with van der Waals surface area (Å²) in [5, 5.41) is 0. The Bertz CT molecular complexity index is 669. The van der Waals surface area contributed by atoms with E-state index in [9.17, 15) is 4.79 Å². The van der Waals surface area contributed by atoms with Crippen LogP contribution in [0.4, 0.5) is 0 Å². The maximum Gasteiger partial charge on any atom is 0.272 e. The third kappa shape index (κ3) is 2.61. The highest BCUT2D eigenvalue weighted by molar-refractivity contribution is 5.93. The van der Waals surface area contributed by atoms with E-state index < -0.39 is 0 Å². The van der Waals surface area contributed by atoms with Gasteiger partial charge in [-0.25, -0.2) is 4.98 Å². The maximum absolute atomic E-state index is 13.2. The Kier molecular flexibility index (Phi) is 4.09. The van der Waals surface area contributed by atoms with Crippen LogP contribution in [0.15, 0.2) is 6.20 Å². The molecular weight excluding hydrogens is 328 g/mol. The summed E-state index contributed by atoms with van der Waals surface area (Å²) in [7, 11) is 2.17. The van der Waals surface area contributed by atoms with E-state index in [0.29, 0.717) is 17.0 Å². The van der Waals surface area contributed by atoms with Gasteiger partial charge in [0, 0.05) is 24.5 Å². The van der Waals surface area contributed by atoms with Gasteiger partial charge in [-0.1, -0.05) is 6.42 Å². The van der Waals surface area contributed by atoms with Crippen LogP contribution in [0.2, 0.25) is 0 Å². The number of carbonyl (C=O) groups excluding carboxylic acids is 1. The zero-order valence-electron chi connectivity index (χ0n) is 15.7. The largest absolute Gasteiger partial charge is 0.376 e. The molecule has 1 N–H and O–H groups in total. The van der Waals surface area contributed by atoms with Gasteiger partial charge in [0.1, 0.15) is 11.5 Å². The van der Waals surface area contributed by atoms with Crippen LogP contribution in [0.25, 0.3) is 0 Å². The molecule has 4 fully saturated rings. The van der Waals surface area contributed by atoms with Crippen molar-refractivity contribution in [2.45, 2.75) is 63.0 Å². The first-order valence-electron chi connectivity index (χ1n) is 10.3. The number of nitrogens with zero attached hydrogens (tertiary/aromatic N) is 3. The highest BCUT2D eigenvalue weighted by atomic mass is 16.5. The van der Waals surface area contributed by atoms with Crippen LogP contribution in [0.1, 0.15) is 67.2 Å². The van der Waals surface area contributed by atoms with E-state index in [1.165, 1.54) is 19.3 Å². The molecule has 0 aromatic carbocycles. The minimum Gasteiger partial charge on any atom is -0.376 e. The summed E-state index contributed by atoms with van der Waals surface area (Å²) in [6, 6.07) is 0.279. The molecule has 142 valence electrons. The summed E-state index contributed by atoms with van der Waals surface area (Å²) in [6.45, 7) is 3.96. The minimum absolute atomic E-state index is 0.120. The summed E-state index contributed by atoms with van der Waals surface area (Å²) in [5.41, 5.74) is 1.01. The van der Waals surface area contributed by atoms with Crippen LogP contribution in [0.5, 0.6) is 0 Å². The van der Waals surface area contributed by atoms with Crippen molar-refractivity contribution in [1.82, 2.24) is 19.8 Å². The maximum atomic E-state index is 13.2. The van der Waals surface area contributed by atoms with Crippen LogP contribution in [0.3, 0.4) is 0 Å². The molecule has 4 heterocycles. The molecule has 6 heteroatoms. The number of carbonyl (C=O) groups is 1. The molecule has 1 saturated carbocycles. The summed E-state index contributed by atoms with van der Waals surface area (Å²) in [6.07, 6.45) is 10.3. The second-order valence-corrected chi connectivity index (χ2v) is 8.90. The lowest BCUT2D eigenvalue weighted by atomic mass is 9.56. The number of hydrogen-bond donors (Lipinski definition) is 1. The number of nitrogens with one attached hydrogen (secondary N) is 1. The van der Waals surface area contributed by atoms with Crippen LogP contribution in [0, 0.1) is 5.41 Å². The third-order valence-corrected chi connectivity index (χ3v) is 7.31. The van der Waals surface area contributed by atoms with Gasteiger partial charge in [-0.05, 0) is 58.7 Å². The topological polar surface area (TPSA) is 61.5 Å². The zero-order valence-corrected chi connectivity index (χ0v) is 15.7. The molecule has 1 aromatic rings. The van der Waals surface area contributed by atoms with Crippen molar-refractivity contribution < 1.29 is 9.53 Å². The number of amides is 1. The SMILES string of the molecule is CN1CCC(c2ncc(C(=O)N3CC4(CCC4)C3C3CCCO3)[nH]2)CC1. The van der Waals surface area contributed by atoms with Crippen molar-refractivity contribution in [2.24, 2.45) is 5.41 Å². The number of imidazole rings is 1. The Morgan fingerprint density at radius 3 is 2.73 bits per heavy atom. The van der Waals surface area contributed by atoms with Gasteiger partial charge >= 0.3 is 0 Å². The van der Waals surface area contributed by atoms with E-state index in [1.807, 2.05) is 0 Å². The minimum atomic E-state index is 0.120. The van der Waals surface area contributed by atoms with E-state index in [4.69, 9.17) is 4.74 Å². The standard InChI is InChI=1S/C20H30N4O2/c1-23-9-5-14(6-10-23)18-21-12-15(22-18)19(25)24-13-20(7-3-8-20)17(24)16-4-2-11-26-16/h12,14,16-17H,2-11,13H2,1H3,(H,21,22). The van der Waals surface area contributed by atoms with Gasteiger partial charge in [0.25, 0.3) is 5.91 Å². The number of piperidine rings is 1. The van der Waals surface area contributed by atoms with Crippen molar-refractivity contribution in [3.8, 4) is 0 Å². The molecule has 0 radical (unpaired) electrons. The second-order valence-electron chi connectivity index (χ2n) is 8.90. The molecule has 1 aliphatic carbocycles. The smallest absolute Gasteiger partial charge is 0.272 e. The quantitative estimate of drug-likeness (QED) is 0.901. The van der Waals surface area contributed by atoms with Crippen LogP contribution >= 0.6 is 0 Å². The van der Waals surface area contributed by atoms with Gasteiger partial charge in [0.2, 0.25) is 0 Å². The number of likely N-dealkylation sites (tertiary alicyclic amines) is 2. The number of ether oxygens (including phenoxy) is 1. The summed E-state index contributed by atoms with van der Waals surface area (Å²) < 4.78 is 5.99. The molecule has 2 atom stereocenters. The summed E-state index contributed by atoms with van der Waals surface area (Å²) in [5.74, 6) is 1.57. The van der Waals surface area contributed by atoms with Crippen LogP contribution in [-0.4, -0.2) is 71.1 Å². The van der Waals surface area contributed by atoms with E-state index in [1.54, 1.807) is 6.20 Å². The Morgan fingerprint density at radius 2 is 2.08 bits per heavy atom. The van der Waals surface area contributed by atoms with E-state index in [-0.39, 0.29) is 18.1 Å². The number of H-pyrrole nitrogens is 1. The van der Waals surface area contributed by atoms with Crippen LogP contribution < -0.4 is 0 Å². The Balaban J connectivity index is 1.30.